The molecular weight excluding hydrogens is 524 g/mol. The number of unbranched alkanes of at least 4 members (excludes halogenated alkanes) is 1. The van der Waals surface area contributed by atoms with Crippen molar-refractivity contribution in [1.29, 1.82) is 0 Å². The van der Waals surface area contributed by atoms with Gasteiger partial charge in [-0.25, -0.2) is 0 Å². The van der Waals surface area contributed by atoms with Gasteiger partial charge in [0.1, 0.15) is 12.3 Å². The molecule has 0 aromatic heterocycles. The average molecular weight is 561 g/mol. The summed E-state index contributed by atoms with van der Waals surface area (Å²) in [6, 6.07) is 20.4. The van der Waals surface area contributed by atoms with Crippen molar-refractivity contribution in [1.82, 2.24) is 5.32 Å². The number of nitrogens with zero attached hydrogens (tertiary/aromatic N) is 1. The number of anilines is 1. The zero-order valence-corrected chi connectivity index (χ0v) is 24.5. The summed E-state index contributed by atoms with van der Waals surface area (Å²) in [4.78, 5) is 28.4. The van der Waals surface area contributed by atoms with E-state index in [9.17, 15) is 9.59 Å². The minimum absolute atomic E-state index is 0.137. The number of ether oxygens (including phenoxy) is 2. The molecule has 1 atom stereocenters. The van der Waals surface area contributed by atoms with Gasteiger partial charge in [-0.3, -0.25) is 14.5 Å². The Morgan fingerprint density at radius 2 is 1.77 bits per heavy atom. The molecule has 6 nitrogen and oxygen atoms in total. The van der Waals surface area contributed by atoms with Crippen LogP contribution in [-0.2, 0) is 15.0 Å². The average Bonchev–Trinajstić information content (AvgIpc) is 2.92. The summed E-state index contributed by atoms with van der Waals surface area (Å²) in [5, 5.41) is 3.63. The van der Waals surface area contributed by atoms with Gasteiger partial charge in [-0.1, -0.05) is 76.0 Å². The first kappa shape index (κ1) is 29.2. The van der Waals surface area contributed by atoms with Gasteiger partial charge in [0, 0.05) is 5.02 Å². The van der Waals surface area contributed by atoms with Crippen molar-refractivity contribution in [2.75, 3.05) is 18.1 Å². The summed E-state index contributed by atoms with van der Waals surface area (Å²) in [6.07, 6.45) is 3.75. The van der Waals surface area contributed by atoms with Crippen LogP contribution < -0.4 is 19.7 Å². The summed E-state index contributed by atoms with van der Waals surface area (Å²) in [6.45, 7) is 10.9. The monoisotopic (exact) mass is 560 g/mol. The third-order valence-electron chi connectivity index (χ3n) is 6.79. The highest BCUT2D eigenvalue weighted by molar-refractivity contribution is 6.30. The van der Waals surface area contributed by atoms with Crippen molar-refractivity contribution in [3.05, 3.63) is 94.2 Å². The van der Waals surface area contributed by atoms with Crippen LogP contribution in [0.25, 0.3) is 6.08 Å². The van der Waals surface area contributed by atoms with Gasteiger partial charge in [0.25, 0.3) is 5.91 Å². The van der Waals surface area contributed by atoms with Crippen LogP contribution in [0.15, 0.2) is 72.5 Å². The fourth-order valence-electron chi connectivity index (χ4n) is 4.35. The molecule has 0 bridgehead atoms. The van der Waals surface area contributed by atoms with E-state index < -0.39 is 0 Å². The number of carbonyl (C=O) groups excluding carboxylic acids is 2. The van der Waals surface area contributed by atoms with Gasteiger partial charge < -0.3 is 14.8 Å². The molecule has 0 saturated heterocycles. The Morgan fingerprint density at radius 3 is 2.42 bits per heavy atom. The van der Waals surface area contributed by atoms with Gasteiger partial charge >= 0.3 is 0 Å². The molecule has 0 spiro atoms. The first-order valence-corrected chi connectivity index (χ1v) is 14.1. The Balaban J connectivity index is 1.55. The van der Waals surface area contributed by atoms with Crippen molar-refractivity contribution >= 4 is 35.2 Å². The number of hydrogen-bond acceptors (Lipinski definition) is 4. The van der Waals surface area contributed by atoms with Crippen LogP contribution >= 0.6 is 11.6 Å². The molecule has 4 rings (SSSR count). The van der Waals surface area contributed by atoms with Crippen LogP contribution in [0.2, 0.25) is 5.02 Å². The van der Waals surface area contributed by atoms with Gasteiger partial charge in [-0.05, 0) is 77.9 Å². The number of rotatable bonds is 9. The van der Waals surface area contributed by atoms with E-state index in [1.165, 1.54) is 4.90 Å². The van der Waals surface area contributed by atoms with E-state index in [2.05, 4.69) is 33.0 Å². The van der Waals surface area contributed by atoms with Crippen molar-refractivity contribution in [2.45, 2.75) is 58.9 Å². The molecule has 1 N–H and O–H groups in total. The molecule has 2 amide bonds. The molecule has 40 heavy (non-hydrogen) atoms. The zero-order chi connectivity index (χ0) is 28.9. The molecule has 0 radical (unpaired) electrons. The fourth-order valence-corrected chi connectivity index (χ4v) is 4.47. The number of nitrogens with one attached hydrogen (secondary N) is 1. The summed E-state index contributed by atoms with van der Waals surface area (Å²) < 4.78 is 11.8. The number of carbonyl (C=O) groups is 2. The molecule has 210 valence electrons. The van der Waals surface area contributed by atoms with Crippen molar-refractivity contribution in [3.8, 4) is 11.5 Å². The third kappa shape index (κ3) is 7.24. The number of amides is 2. The lowest BCUT2D eigenvalue weighted by atomic mass is 9.86. The summed E-state index contributed by atoms with van der Waals surface area (Å²) >= 11 is 6.02. The smallest absolute Gasteiger partial charge is 0.294 e. The van der Waals surface area contributed by atoms with E-state index in [1.54, 1.807) is 18.2 Å². The van der Waals surface area contributed by atoms with Crippen LogP contribution in [0.1, 0.15) is 70.2 Å². The lowest BCUT2D eigenvalue weighted by Gasteiger charge is -2.32. The molecule has 0 aliphatic carbocycles. The van der Waals surface area contributed by atoms with E-state index in [4.69, 9.17) is 21.1 Å². The van der Waals surface area contributed by atoms with Crippen LogP contribution in [0.5, 0.6) is 11.5 Å². The Morgan fingerprint density at radius 1 is 1.07 bits per heavy atom. The van der Waals surface area contributed by atoms with Gasteiger partial charge in [0.15, 0.2) is 11.5 Å². The SMILES string of the molecule is CCCCOc1ccc(C(C)NC(=O)CN2C(=O)C(=Cc3ccc(Cl)cc3)Oc3ccc(C(C)(C)C)cc32)cc1. The number of hydrogen-bond donors (Lipinski definition) is 1. The number of fused-ring (bicyclic) bond motifs is 1. The predicted octanol–water partition coefficient (Wildman–Crippen LogP) is 7.46. The second kappa shape index (κ2) is 12.6. The maximum atomic E-state index is 13.7. The van der Waals surface area contributed by atoms with E-state index in [0.29, 0.717) is 23.1 Å². The Bertz CT molecular complexity index is 1380. The van der Waals surface area contributed by atoms with Gasteiger partial charge in [0.05, 0.1) is 18.3 Å². The van der Waals surface area contributed by atoms with Crippen LogP contribution in [0.3, 0.4) is 0 Å². The molecule has 0 saturated carbocycles. The van der Waals surface area contributed by atoms with E-state index in [1.807, 2.05) is 61.5 Å². The topological polar surface area (TPSA) is 67.9 Å². The van der Waals surface area contributed by atoms with Crippen LogP contribution in [0.4, 0.5) is 5.69 Å². The minimum atomic E-state index is -0.384. The predicted molar refractivity (Wildman–Crippen MR) is 161 cm³/mol. The molecule has 3 aromatic rings. The van der Waals surface area contributed by atoms with Crippen molar-refractivity contribution in [2.24, 2.45) is 0 Å². The third-order valence-corrected chi connectivity index (χ3v) is 7.04. The Hall–Kier alpha value is -3.77. The summed E-state index contributed by atoms with van der Waals surface area (Å²) in [5.41, 5.74) is 3.17. The van der Waals surface area contributed by atoms with Gasteiger partial charge in [-0.2, -0.15) is 0 Å². The highest BCUT2D eigenvalue weighted by Crippen LogP contribution is 2.39. The fraction of sp³-hybridized carbons (Fsp3) is 0.333. The molecule has 1 aliphatic rings. The molecular formula is C33H37ClN2O4. The van der Waals surface area contributed by atoms with Crippen molar-refractivity contribution < 1.29 is 19.1 Å². The lowest BCUT2D eigenvalue weighted by Crippen LogP contribution is -2.44. The van der Waals surface area contributed by atoms with Crippen LogP contribution in [-0.4, -0.2) is 25.0 Å². The van der Waals surface area contributed by atoms with Gasteiger partial charge in [0.2, 0.25) is 5.91 Å². The zero-order valence-electron chi connectivity index (χ0n) is 23.8. The quantitative estimate of drug-likeness (QED) is 0.218. The normalized spacial score (nSPS) is 14.9. The highest BCUT2D eigenvalue weighted by Gasteiger charge is 2.33. The maximum Gasteiger partial charge on any atom is 0.294 e. The van der Waals surface area contributed by atoms with Crippen molar-refractivity contribution in [3.63, 3.8) is 0 Å². The largest absolute Gasteiger partial charge is 0.494 e. The second-order valence-corrected chi connectivity index (χ2v) is 11.5. The first-order chi connectivity index (χ1) is 19.0. The van der Waals surface area contributed by atoms with E-state index >= 15 is 0 Å². The molecule has 1 heterocycles. The van der Waals surface area contributed by atoms with Gasteiger partial charge in [-0.15, -0.1) is 0 Å². The number of benzene rings is 3. The standard InChI is InChI=1S/C33H37ClN2O4/c1-6-7-18-39-27-15-10-24(11-16-27)22(2)35-31(37)21-36-28-20-25(33(3,4)5)12-17-29(28)40-30(32(36)38)19-23-8-13-26(34)14-9-23/h8-17,19-20,22H,6-7,18,21H2,1-5H3,(H,35,37). The Labute approximate surface area is 241 Å². The van der Waals surface area contributed by atoms with Crippen LogP contribution in [0, 0.1) is 0 Å². The maximum absolute atomic E-state index is 13.7. The molecule has 1 aliphatic heterocycles. The molecule has 7 heteroatoms. The summed E-state index contributed by atoms with van der Waals surface area (Å²) in [7, 11) is 0. The second-order valence-electron chi connectivity index (χ2n) is 11.0. The highest BCUT2D eigenvalue weighted by atomic mass is 35.5. The van der Waals surface area contributed by atoms with E-state index in [-0.39, 0.29) is 35.6 Å². The lowest BCUT2D eigenvalue weighted by molar-refractivity contribution is -0.123. The molecule has 3 aromatic carbocycles. The molecule has 1 unspecified atom stereocenters. The summed E-state index contributed by atoms with van der Waals surface area (Å²) in [5.74, 6) is 0.805. The first-order valence-electron chi connectivity index (χ1n) is 13.7. The van der Waals surface area contributed by atoms with E-state index in [0.717, 1.165) is 35.3 Å². The molecule has 0 fully saturated rings. The number of halogens is 1. The Kier molecular flexibility index (Phi) is 9.21. The minimum Gasteiger partial charge on any atom is -0.494 e.